The van der Waals surface area contributed by atoms with E-state index in [9.17, 15) is 18.0 Å². The first-order valence-corrected chi connectivity index (χ1v) is 11.4. The van der Waals surface area contributed by atoms with Crippen LogP contribution in [0.5, 0.6) is 0 Å². The molecule has 2 rings (SSSR count). The zero-order valence-corrected chi connectivity index (χ0v) is 19.7. The van der Waals surface area contributed by atoms with Crippen LogP contribution in [0, 0.1) is 12.3 Å². The summed E-state index contributed by atoms with van der Waals surface area (Å²) in [5.41, 5.74) is 0.269. The van der Waals surface area contributed by atoms with Crippen LogP contribution in [-0.2, 0) is 6.18 Å². The average Bonchev–Trinajstić information content (AvgIpc) is 2.77. The fourth-order valence-electron chi connectivity index (χ4n) is 4.16. The van der Waals surface area contributed by atoms with E-state index < -0.39 is 17.8 Å². The van der Waals surface area contributed by atoms with Crippen molar-refractivity contribution in [2.45, 2.75) is 64.7 Å². The van der Waals surface area contributed by atoms with Gasteiger partial charge in [0.15, 0.2) is 0 Å². The first kappa shape index (κ1) is 26.5. The predicted octanol–water partition coefficient (Wildman–Crippen LogP) is 6.33. The lowest BCUT2D eigenvalue weighted by Crippen LogP contribution is -2.50. The summed E-state index contributed by atoms with van der Waals surface area (Å²) in [4.78, 5) is 17.4. The Balaban J connectivity index is 2.17. The summed E-state index contributed by atoms with van der Waals surface area (Å²) >= 11 is 0. The van der Waals surface area contributed by atoms with Crippen LogP contribution in [0.25, 0.3) is 0 Å². The molecule has 4 nitrogen and oxygen atoms in total. The van der Waals surface area contributed by atoms with Crippen LogP contribution in [0.4, 0.5) is 23.7 Å². The molecule has 180 valence electrons. The van der Waals surface area contributed by atoms with Crippen LogP contribution in [0.3, 0.4) is 0 Å². The third kappa shape index (κ3) is 8.29. The highest BCUT2D eigenvalue weighted by atomic mass is 19.4. The molecular weight excluding hydrogens is 427 g/mol. The number of anilines is 1. The zero-order valence-electron chi connectivity index (χ0n) is 19.7. The maximum Gasteiger partial charge on any atom is 0.416 e. The van der Waals surface area contributed by atoms with Crippen LogP contribution in [0.1, 0.15) is 52.0 Å². The SMILES string of the molecule is C#C/C=C\C=C(/C)CN(C(=O)Nc1cccc(C(F)(F)F)c1)C1CCN(C(C)CCC)CC1. The Morgan fingerprint density at radius 2 is 2.06 bits per heavy atom. The zero-order chi connectivity index (χ0) is 24.4. The molecule has 1 atom stereocenters. The van der Waals surface area contributed by atoms with E-state index in [2.05, 4.69) is 30.0 Å². The van der Waals surface area contributed by atoms with Gasteiger partial charge in [0.2, 0.25) is 0 Å². The minimum absolute atomic E-state index is 0.000776. The molecule has 1 aromatic rings. The number of carbonyl (C=O) groups excluding carboxylic acids is 1. The first-order valence-electron chi connectivity index (χ1n) is 11.4. The fraction of sp³-hybridized carbons (Fsp3) is 0.500. The van der Waals surface area contributed by atoms with Gasteiger partial charge >= 0.3 is 12.2 Å². The van der Waals surface area contributed by atoms with E-state index >= 15 is 0 Å². The van der Waals surface area contributed by atoms with Crippen molar-refractivity contribution in [3.63, 3.8) is 0 Å². The van der Waals surface area contributed by atoms with Crippen molar-refractivity contribution in [3.05, 3.63) is 53.6 Å². The molecule has 33 heavy (non-hydrogen) atoms. The van der Waals surface area contributed by atoms with Gasteiger partial charge < -0.3 is 15.1 Å². The number of nitrogens with one attached hydrogen (secondary N) is 1. The van der Waals surface area contributed by atoms with Gasteiger partial charge in [-0.15, -0.1) is 6.42 Å². The normalized spacial score (nSPS) is 17.1. The van der Waals surface area contributed by atoms with Gasteiger partial charge in [0, 0.05) is 37.4 Å². The molecular formula is C26H34F3N3O. The number of alkyl halides is 3. The van der Waals surface area contributed by atoms with Gasteiger partial charge in [-0.1, -0.05) is 43.1 Å². The summed E-state index contributed by atoms with van der Waals surface area (Å²) < 4.78 is 39.2. The van der Waals surface area contributed by atoms with E-state index in [1.165, 1.54) is 12.1 Å². The van der Waals surface area contributed by atoms with Crippen molar-refractivity contribution in [1.82, 2.24) is 9.80 Å². The number of likely N-dealkylation sites (tertiary alicyclic amines) is 1. The number of halogens is 3. The van der Waals surface area contributed by atoms with Crippen molar-refractivity contribution >= 4 is 11.7 Å². The van der Waals surface area contributed by atoms with Gasteiger partial charge in [0.05, 0.1) is 5.56 Å². The highest BCUT2D eigenvalue weighted by Crippen LogP contribution is 2.31. The maximum atomic E-state index is 13.2. The molecule has 7 heteroatoms. The van der Waals surface area contributed by atoms with Gasteiger partial charge in [0.1, 0.15) is 0 Å². The molecule has 1 aliphatic rings. The molecule has 1 aromatic carbocycles. The Hall–Kier alpha value is -2.72. The summed E-state index contributed by atoms with van der Waals surface area (Å²) in [6, 6.07) is 4.82. The summed E-state index contributed by atoms with van der Waals surface area (Å²) in [6.07, 6.45) is 9.84. The second-order valence-electron chi connectivity index (χ2n) is 8.58. The smallest absolute Gasteiger partial charge is 0.317 e. The van der Waals surface area contributed by atoms with E-state index in [4.69, 9.17) is 6.42 Å². The lowest BCUT2D eigenvalue weighted by molar-refractivity contribution is -0.137. The summed E-state index contributed by atoms with van der Waals surface area (Å²) in [6.45, 7) is 8.45. The van der Waals surface area contributed by atoms with Crippen LogP contribution < -0.4 is 5.32 Å². The largest absolute Gasteiger partial charge is 0.416 e. The predicted molar refractivity (Wildman–Crippen MR) is 128 cm³/mol. The number of allylic oxidation sites excluding steroid dienone is 3. The molecule has 1 saturated heterocycles. The van der Waals surface area contributed by atoms with E-state index in [1.54, 1.807) is 17.1 Å². The van der Waals surface area contributed by atoms with Gasteiger partial charge in [-0.2, -0.15) is 13.2 Å². The summed E-state index contributed by atoms with van der Waals surface area (Å²) in [5, 5.41) is 2.67. The number of hydrogen-bond acceptors (Lipinski definition) is 2. The number of terminal acetylenes is 1. The number of nitrogens with zero attached hydrogens (tertiary/aromatic N) is 2. The number of piperidine rings is 1. The Bertz CT molecular complexity index is 878. The molecule has 0 spiro atoms. The molecule has 1 heterocycles. The molecule has 1 unspecified atom stereocenters. The number of carbonyl (C=O) groups is 1. The topological polar surface area (TPSA) is 35.6 Å². The van der Waals surface area contributed by atoms with E-state index in [-0.39, 0.29) is 11.7 Å². The minimum Gasteiger partial charge on any atom is -0.317 e. The van der Waals surface area contributed by atoms with E-state index in [0.717, 1.165) is 56.5 Å². The molecule has 1 aliphatic heterocycles. The molecule has 0 aromatic heterocycles. The van der Waals surface area contributed by atoms with Crippen LogP contribution in [0.15, 0.2) is 48.1 Å². The number of rotatable bonds is 8. The first-order chi connectivity index (χ1) is 15.7. The molecule has 0 bridgehead atoms. The average molecular weight is 462 g/mol. The monoisotopic (exact) mass is 461 g/mol. The maximum absolute atomic E-state index is 13.2. The third-order valence-corrected chi connectivity index (χ3v) is 5.96. The van der Waals surface area contributed by atoms with Gasteiger partial charge in [-0.25, -0.2) is 4.79 Å². The minimum atomic E-state index is -4.47. The van der Waals surface area contributed by atoms with Gasteiger partial charge in [0.25, 0.3) is 0 Å². The molecule has 1 fully saturated rings. The second-order valence-corrected chi connectivity index (χ2v) is 8.58. The fourth-order valence-corrected chi connectivity index (χ4v) is 4.16. The van der Waals surface area contributed by atoms with Crippen molar-refractivity contribution in [3.8, 4) is 12.3 Å². The number of amides is 2. The van der Waals surface area contributed by atoms with Crippen molar-refractivity contribution in [2.75, 3.05) is 25.0 Å². The van der Waals surface area contributed by atoms with Gasteiger partial charge in [-0.3, -0.25) is 0 Å². The molecule has 1 N–H and O–H groups in total. The lowest BCUT2D eigenvalue weighted by Gasteiger charge is -2.41. The number of urea groups is 1. The van der Waals surface area contributed by atoms with E-state index in [0.29, 0.717) is 12.6 Å². The van der Waals surface area contributed by atoms with Crippen molar-refractivity contribution < 1.29 is 18.0 Å². The summed E-state index contributed by atoms with van der Waals surface area (Å²) in [5.74, 6) is 2.42. The quantitative estimate of drug-likeness (QED) is 0.363. The van der Waals surface area contributed by atoms with E-state index in [1.807, 2.05) is 13.0 Å². The van der Waals surface area contributed by atoms with Crippen molar-refractivity contribution in [1.29, 1.82) is 0 Å². The van der Waals surface area contributed by atoms with Crippen LogP contribution in [0.2, 0.25) is 0 Å². The molecule has 0 saturated carbocycles. The molecule has 2 amide bonds. The molecule has 0 radical (unpaired) electrons. The standard InChI is InChI=1S/C26H34F3N3O/c1-5-7-8-11-20(3)19-32(24-14-16-31(17-15-24)21(4)10-6-2)25(33)30-23-13-9-12-22(18-23)26(27,28)29/h1,7-9,11-13,18,21,24H,6,10,14-17,19H2,2-4H3,(H,30,33)/b8-7-,20-11+. The van der Waals surface area contributed by atoms with Crippen LogP contribution >= 0.6 is 0 Å². The third-order valence-electron chi connectivity index (χ3n) is 5.96. The Labute approximate surface area is 195 Å². The highest BCUT2D eigenvalue weighted by molar-refractivity contribution is 5.89. The highest BCUT2D eigenvalue weighted by Gasteiger charge is 2.32. The van der Waals surface area contributed by atoms with Crippen molar-refractivity contribution in [2.24, 2.45) is 0 Å². The Morgan fingerprint density at radius 1 is 1.36 bits per heavy atom. The molecule has 0 aliphatic carbocycles. The van der Waals surface area contributed by atoms with Crippen LogP contribution in [-0.4, -0.2) is 47.5 Å². The Morgan fingerprint density at radius 3 is 2.67 bits per heavy atom. The van der Waals surface area contributed by atoms with Gasteiger partial charge in [-0.05, 0) is 57.4 Å². The number of hydrogen-bond donors (Lipinski definition) is 1. The summed E-state index contributed by atoms with van der Waals surface area (Å²) in [7, 11) is 0. The Kier molecular flexibility index (Phi) is 10.1. The number of benzene rings is 1. The second kappa shape index (κ2) is 12.5. The lowest BCUT2D eigenvalue weighted by atomic mass is 10.00.